The molecule has 7 aromatic carbocycles. The Morgan fingerprint density at radius 3 is 1.75 bits per heavy atom. The number of hydrogen-bond acceptors (Lipinski definition) is 4. The van der Waals surface area contributed by atoms with Gasteiger partial charge >= 0.3 is 0 Å². The second-order valence-corrected chi connectivity index (χ2v) is 12.8. The molecular weight excluding hydrogens is 637 g/mol. The van der Waals surface area contributed by atoms with Crippen LogP contribution in [0.4, 0.5) is 0 Å². The lowest BCUT2D eigenvalue weighted by Crippen LogP contribution is -2.03. The minimum absolute atomic E-state index is 0.590. The van der Waals surface area contributed by atoms with Crippen molar-refractivity contribution in [2.45, 2.75) is 0 Å². The van der Waals surface area contributed by atoms with Crippen molar-refractivity contribution < 1.29 is 0 Å². The maximum atomic E-state index is 9.94. The zero-order chi connectivity index (χ0) is 34.6. The molecule has 0 amide bonds. The molecular formula is C46H28N6. The third-order valence-electron chi connectivity index (χ3n) is 9.79. The SMILES string of the molecule is N#Cc1ccc2c3c(ccc4c5ccccc5n(-c5ccccc5-c5nc(-c6ccccc6)nc(-c6ccccc6)n5)c43)n(-c3ccccc3)c2c1. The van der Waals surface area contributed by atoms with E-state index in [1.54, 1.807) is 0 Å². The number of nitriles is 1. The number of rotatable bonds is 5. The summed E-state index contributed by atoms with van der Waals surface area (Å²) in [5.41, 5.74) is 9.54. The number of aromatic nitrogens is 5. The lowest BCUT2D eigenvalue weighted by Gasteiger charge is -2.15. The Kier molecular flexibility index (Phi) is 6.76. The van der Waals surface area contributed by atoms with Crippen molar-refractivity contribution in [3.8, 4) is 51.6 Å². The average Bonchev–Trinajstić information content (AvgIpc) is 3.74. The van der Waals surface area contributed by atoms with Crippen molar-refractivity contribution in [3.63, 3.8) is 0 Å². The molecule has 0 radical (unpaired) electrons. The molecule has 6 nitrogen and oxygen atoms in total. The van der Waals surface area contributed by atoms with Gasteiger partial charge in [-0.3, -0.25) is 0 Å². The predicted molar refractivity (Wildman–Crippen MR) is 210 cm³/mol. The number of nitrogens with zero attached hydrogens (tertiary/aromatic N) is 6. The Morgan fingerprint density at radius 2 is 1.04 bits per heavy atom. The summed E-state index contributed by atoms with van der Waals surface area (Å²) in [6, 6.07) is 60.2. The fourth-order valence-electron chi connectivity index (χ4n) is 7.52. The van der Waals surface area contributed by atoms with Crippen LogP contribution >= 0.6 is 0 Å². The number of fused-ring (bicyclic) bond motifs is 7. The first-order valence-electron chi connectivity index (χ1n) is 17.2. The molecule has 0 aliphatic rings. The zero-order valence-electron chi connectivity index (χ0n) is 27.8. The van der Waals surface area contributed by atoms with E-state index in [-0.39, 0.29) is 0 Å². The summed E-state index contributed by atoms with van der Waals surface area (Å²) in [4.78, 5) is 15.2. The molecule has 0 N–H and O–H groups in total. The smallest absolute Gasteiger partial charge is 0.166 e. The second-order valence-electron chi connectivity index (χ2n) is 12.8. The summed E-state index contributed by atoms with van der Waals surface area (Å²) in [6.07, 6.45) is 0. The lowest BCUT2D eigenvalue weighted by atomic mass is 10.1. The summed E-state index contributed by atoms with van der Waals surface area (Å²) in [6.45, 7) is 0. The minimum Gasteiger partial charge on any atom is -0.309 e. The maximum absolute atomic E-state index is 9.94. The molecule has 0 bridgehead atoms. The van der Waals surface area contributed by atoms with Crippen molar-refractivity contribution in [2.24, 2.45) is 0 Å². The highest BCUT2D eigenvalue weighted by Crippen LogP contribution is 2.43. The Balaban J connectivity index is 1.33. The van der Waals surface area contributed by atoms with Gasteiger partial charge in [-0.05, 0) is 48.5 Å². The van der Waals surface area contributed by atoms with Crippen molar-refractivity contribution in [1.82, 2.24) is 24.1 Å². The molecule has 0 atom stereocenters. The van der Waals surface area contributed by atoms with E-state index >= 15 is 0 Å². The highest BCUT2D eigenvalue weighted by atomic mass is 15.1. The van der Waals surface area contributed by atoms with Crippen molar-refractivity contribution in [2.75, 3.05) is 0 Å². The standard InChI is InChI=1S/C46H28N6/c47-29-30-24-25-36-41(28-30)51(33-18-8-3-9-19-33)40-27-26-35-34-20-10-12-22-38(34)52(43(35)42(36)40)39-23-13-11-21-37(39)46-49-44(31-14-4-1-5-15-31)48-45(50-46)32-16-6-2-7-17-32/h1-28H. The van der Waals surface area contributed by atoms with Crippen LogP contribution in [0.5, 0.6) is 0 Å². The highest BCUT2D eigenvalue weighted by Gasteiger charge is 2.23. The monoisotopic (exact) mass is 664 g/mol. The van der Waals surface area contributed by atoms with E-state index in [0.29, 0.717) is 23.0 Å². The van der Waals surface area contributed by atoms with E-state index < -0.39 is 0 Å². The van der Waals surface area contributed by atoms with Crippen molar-refractivity contribution >= 4 is 43.6 Å². The number of benzene rings is 7. The first kappa shape index (κ1) is 29.5. The molecule has 0 saturated carbocycles. The normalized spacial score (nSPS) is 11.4. The van der Waals surface area contributed by atoms with Crippen LogP contribution in [0.15, 0.2) is 170 Å². The molecule has 0 spiro atoms. The fraction of sp³-hybridized carbons (Fsp3) is 0. The van der Waals surface area contributed by atoms with E-state index in [1.165, 1.54) is 0 Å². The van der Waals surface area contributed by atoms with Gasteiger partial charge in [-0.15, -0.1) is 0 Å². The average molecular weight is 665 g/mol. The van der Waals surface area contributed by atoms with Crippen LogP contribution in [0.1, 0.15) is 5.56 Å². The van der Waals surface area contributed by atoms with Gasteiger partial charge in [-0.1, -0.05) is 121 Å². The summed E-state index contributed by atoms with van der Waals surface area (Å²) in [5, 5.41) is 14.4. The van der Waals surface area contributed by atoms with E-state index in [2.05, 4.69) is 100 Å². The number of hydrogen-bond donors (Lipinski definition) is 0. The molecule has 0 aliphatic heterocycles. The fourth-order valence-corrected chi connectivity index (χ4v) is 7.52. The van der Waals surface area contributed by atoms with Crippen LogP contribution in [0.25, 0.3) is 89.2 Å². The summed E-state index contributed by atoms with van der Waals surface area (Å²) in [5.74, 6) is 1.82. The van der Waals surface area contributed by atoms with Gasteiger partial charge in [0.2, 0.25) is 0 Å². The van der Waals surface area contributed by atoms with Gasteiger partial charge in [-0.25, -0.2) is 15.0 Å². The summed E-state index contributed by atoms with van der Waals surface area (Å²) >= 11 is 0. The highest BCUT2D eigenvalue weighted by molar-refractivity contribution is 6.26. The third kappa shape index (κ3) is 4.61. The summed E-state index contributed by atoms with van der Waals surface area (Å²) < 4.78 is 4.63. The number of para-hydroxylation sites is 3. The predicted octanol–water partition coefficient (Wildman–Crippen LogP) is 10.9. The first-order valence-corrected chi connectivity index (χ1v) is 17.2. The van der Waals surface area contributed by atoms with Gasteiger partial charge in [0.05, 0.1) is 39.4 Å². The molecule has 10 rings (SSSR count). The molecule has 242 valence electrons. The van der Waals surface area contributed by atoms with Gasteiger partial charge in [0, 0.05) is 43.9 Å². The van der Waals surface area contributed by atoms with Gasteiger partial charge in [0.15, 0.2) is 17.5 Å². The van der Waals surface area contributed by atoms with E-state index in [4.69, 9.17) is 15.0 Å². The van der Waals surface area contributed by atoms with Gasteiger partial charge in [0.25, 0.3) is 0 Å². The zero-order valence-corrected chi connectivity index (χ0v) is 27.8. The van der Waals surface area contributed by atoms with Crippen LogP contribution in [0, 0.1) is 11.3 Å². The van der Waals surface area contributed by atoms with Crippen LogP contribution in [0.3, 0.4) is 0 Å². The van der Waals surface area contributed by atoms with E-state index in [0.717, 1.165) is 71.7 Å². The molecule has 0 unspecified atom stereocenters. The van der Waals surface area contributed by atoms with Crippen LogP contribution < -0.4 is 0 Å². The Hall–Kier alpha value is -7.36. The quantitative estimate of drug-likeness (QED) is 0.184. The van der Waals surface area contributed by atoms with Gasteiger partial charge in [0.1, 0.15) is 0 Å². The Labute approximate surface area is 299 Å². The molecule has 0 aliphatic carbocycles. The molecule has 6 heteroatoms. The molecule has 0 fully saturated rings. The van der Waals surface area contributed by atoms with Gasteiger partial charge in [-0.2, -0.15) is 5.26 Å². The molecule has 10 aromatic rings. The van der Waals surface area contributed by atoms with E-state index in [9.17, 15) is 5.26 Å². The minimum atomic E-state index is 0.590. The molecule has 3 heterocycles. The van der Waals surface area contributed by atoms with E-state index in [1.807, 2.05) is 84.9 Å². The topological polar surface area (TPSA) is 72.3 Å². The third-order valence-corrected chi connectivity index (χ3v) is 9.79. The molecule has 0 saturated heterocycles. The largest absolute Gasteiger partial charge is 0.309 e. The first-order chi connectivity index (χ1) is 25.8. The van der Waals surface area contributed by atoms with Gasteiger partial charge < -0.3 is 9.13 Å². The van der Waals surface area contributed by atoms with Crippen LogP contribution in [0.2, 0.25) is 0 Å². The van der Waals surface area contributed by atoms with Crippen molar-refractivity contribution in [1.29, 1.82) is 5.26 Å². The maximum Gasteiger partial charge on any atom is 0.166 e. The Morgan fingerprint density at radius 1 is 0.442 bits per heavy atom. The molecule has 52 heavy (non-hydrogen) atoms. The lowest BCUT2D eigenvalue weighted by molar-refractivity contribution is 1.06. The summed E-state index contributed by atoms with van der Waals surface area (Å²) in [7, 11) is 0. The van der Waals surface area contributed by atoms with Crippen LogP contribution in [-0.4, -0.2) is 24.1 Å². The van der Waals surface area contributed by atoms with Crippen molar-refractivity contribution in [3.05, 3.63) is 175 Å². The second kappa shape index (κ2) is 11.9. The Bertz CT molecular complexity index is 2950. The van der Waals surface area contributed by atoms with Crippen LogP contribution in [-0.2, 0) is 0 Å². The molecule has 3 aromatic heterocycles.